The van der Waals surface area contributed by atoms with Crippen LogP contribution < -0.4 is 4.74 Å². The lowest BCUT2D eigenvalue weighted by atomic mass is 9.78. The number of rotatable bonds is 8. The average molecular weight is 400 g/mol. The molecule has 0 spiro atoms. The van der Waals surface area contributed by atoms with Crippen LogP contribution in [0.15, 0.2) is 72.8 Å². The number of phenolic OH excluding ortho intramolecular Hbond substituents is 1. The number of alkyl halides is 2. The van der Waals surface area contributed by atoms with Crippen LogP contribution in [0.4, 0.5) is 13.2 Å². The third kappa shape index (κ3) is 5.11. The molecule has 0 aliphatic rings. The second-order valence-electron chi connectivity index (χ2n) is 7.30. The first-order valence-corrected chi connectivity index (χ1v) is 9.47. The molecule has 0 aliphatic heterocycles. The van der Waals surface area contributed by atoms with Crippen LogP contribution in [-0.2, 0) is 11.8 Å². The predicted octanol–water partition coefficient (Wildman–Crippen LogP) is 6.87. The van der Waals surface area contributed by atoms with Crippen molar-refractivity contribution >= 4 is 0 Å². The number of benzene rings is 3. The van der Waals surface area contributed by atoms with Gasteiger partial charge in [0.25, 0.3) is 0 Å². The standard InChI is InChI=1S/C24H23F3O2/c1-24(23(26)27,18-10-12-19(28)13-11-18)15-5-6-17-9-14-21(25)22(16-17)29-20-7-3-2-4-8-20/h2-4,7-14,16,23,28H,5-6,15H2,1H3. The van der Waals surface area contributed by atoms with Crippen molar-refractivity contribution in [3.8, 4) is 17.2 Å². The summed E-state index contributed by atoms with van der Waals surface area (Å²) in [5, 5.41) is 9.41. The van der Waals surface area contributed by atoms with Crippen LogP contribution in [0.3, 0.4) is 0 Å². The molecule has 0 fully saturated rings. The highest BCUT2D eigenvalue weighted by atomic mass is 19.3. The molecule has 3 aromatic rings. The Morgan fingerprint density at radius 1 is 0.966 bits per heavy atom. The summed E-state index contributed by atoms with van der Waals surface area (Å²) in [6.07, 6.45) is -1.27. The number of aryl methyl sites for hydroxylation is 1. The van der Waals surface area contributed by atoms with E-state index in [1.807, 2.05) is 6.07 Å². The highest BCUT2D eigenvalue weighted by Gasteiger charge is 2.36. The van der Waals surface area contributed by atoms with Gasteiger partial charge in [-0.1, -0.05) is 43.3 Å². The Labute approximate surface area is 168 Å². The van der Waals surface area contributed by atoms with Crippen molar-refractivity contribution in [2.45, 2.75) is 38.0 Å². The van der Waals surface area contributed by atoms with Gasteiger partial charge < -0.3 is 9.84 Å². The number of halogens is 3. The Morgan fingerprint density at radius 3 is 2.31 bits per heavy atom. The molecule has 0 aliphatic carbocycles. The monoisotopic (exact) mass is 400 g/mol. The Hall–Kier alpha value is -2.95. The van der Waals surface area contributed by atoms with Gasteiger partial charge in [0.2, 0.25) is 6.43 Å². The van der Waals surface area contributed by atoms with Gasteiger partial charge in [0.1, 0.15) is 11.5 Å². The lowest BCUT2D eigenvalue weighted by molar-refractivity contribution is 0.0526. The third-order valence-corrected chi connectivity index (χ3v) is 5.14. The predicted molar refractivity (Wildman–Crippen MR) is 107 cm³/mol. The Balaban J connectivity index is 1.68. The van der Waals surface area contributed by atoms with Crippen molar-refractivity contribution in [3.63, 3.8) is 0 Å². The highest BCUT2D eigenvalue weighted by molar-refractivity contribution is 5.35. The summed E-state index contributed by atoms with van der Waals surface area (Å²) < 4.78 is 47.3. The van der Waals surface area contributed by atoms with Gasteiger partial charge in [0, 0.05) is 0 Å². The number of para-hydroxylation sites is 1. The summed E-state index contributed by atoms with van der Waals surface area (Å²) in [6, 6.07) is 19.4. The van der Waals surface area contributed by atoms with Crippen LogP contribution in [0.25, 0.3) is 0 Å². The molecule has 0 radical (unpaired) electrons. The first-order chi connectivity index (χ1) is 13.9. The molecule has 2 nitrogen and oxygen atoms in total. The minimum atomic E-state index is -2.54. The van der Waals surface area contributed by atoms with Crippen molar-refractivity contribution in [1.29, 1.82) is 0 Å². The molecule has 3 aromatic carbocycles. The maximum absolute atomic E-state index is 14.1. The molecular weight excluding hydrogens is 377 g/mol. The summed E-state index contributed by atoms with van der Waals surface area (Å²) in [5.74, 6) is 0.215. The van der Waals surface area contributed by atoms with Crippen LogP contribution in [0, 0.1) is 5.82 Å². The topological polar surface area (TPSA) is 29.5 Å². The van der Waals surface area contributed by atoms with E-state index >= 15 is 0 Å². The lowest BCUT2D eigenvalue weighted by Crippen LogP contribution is -2.31. The number of aromatic hydroxyl groups is 1. The summed E-state index contributed by atoms with van der Waals surface area (Å²) in [6.45, 7) is 1.53. The van der Waals surface area contributed by atoms with E-state index in [2.05, 4.69) is 0 Å². The van der Waals surface area contributed by atoms with Gasteiger partial charge in [-0.25, -0.2) is 13.2 Å². The molecule has 0 amide bonds. The molecule has 1 N–H and O–H groups in total. The first-order valence-electron chi connectivity index (χ1n) is 9.47. The fourth-order valence-electron chi connectivity index (χ4n) is 3.28. The number of ether oxygens (including phenoxy) is 1. The zero-order valence-corrected chi connectivity index (χ0v) is 16.1. The van der Waals surface area contributed by atoms with Crippen molar-refractivity contribution in [2.75, 3.05) is 0 Å². The molecule has 5 heteroatoms. The average Bonchev–Trinajstić information content (AvgIpc) is 2.71. The van der Waals surface area contributed by atoms with Crippen LogP contribution in [0.1, 0.15) is 30.9 Å². The van der Waals surface area contributed by atoms with Gasteiger partial charge in [-0.15, -0.1) is 0 Å². The van der Waals surface area contributed by atoms with E-state index in [-0.39, 0.29) is 17.9 Å². The van der Waals surface area contributed by atoms with Crippen LogP contribution in [0.5, 0.6) is 17.2 Å². The fraction of sp³-hybridized carbons (Fsp3) is 0.250. The van der Waals surface area contributed by atoms with Crippen LogP contribution in [-0.4, -0.2) is 11.5 Å². The summed E-state index contributed by atoms with van der Waals surface area (Å²) in [7, 11) is 0. The minimum absolute atomic E-state index is 0.0441. The van der Waals surface area contributed by atoms with E-state index in [1.165, 1.54) is 37.3 Å². The zero-order valence-electron chi connectivity index (χ0n) is 16.1. The van der Waals surface area contributed by atoms with E-state index in [9.17, 15) is 18.3 Å². The number of hydrogen-bond acceptors (Lipinski definition) is 2. The van der Waals surface area contributed by atoms with Gasteiger partial charge in [-0.3, -0.25) is 0 Å². The number of phenols is 1. The maximum Gasteiger partial charge on any atom is 0.247 e. The molecule has 1 unspecified atom stereocenters. The molecule has 29 heavy (non-hydrogen) atoms. The second kappa shape index (κ2) is 9.03. The zero-order chi connectivity index (χ0) is 20.9. The highest BCUT2D eigenvalue weighted by Crippen LogP contribution is 2.37. The van der Waals surface area contributed by atoms with Crippen molar-refractivity contribution in [3.05, 3.63) is 89.7 Å². The van der Waals surface area contributed by atoms with Crippen molar-refractivity contribution in [2.24, 2.45) is 0 Å². The van der Waals surface area contributed by atoms with Gasteiger partial charge in [-0.05, 0) is 66.8 Å². The van der Waals surface area contributed by atoms with Crippen molar-refractivity contribution < 1.29 is 23.0 Å². The Kier molecular flexibility index (Phi) is 6.47. The maximum atomic E-state index is 14.1. The van der Waals surface area contributed by atoms with E-state index < -0.39 is 17.7 Å². The molecule has 0 aromatic heterocycles. The molecule has 1 atom stereocenters. The smallest absolute Gasteiger partial charge is 0.247 e. The quantitative estimate of drug-likeness (QED) is 0.447. The summed E-state index contributed by atoms with van der Waals surface area (Å²) >= 11 is 0. The van der Waals surface area contributed by atoms with Crippen molar-refractivity contribution in [1.82, 2.24) is 0 Å². The second-order valence-corrected chi connectivity index (χ2v) is 7.30. The van der Waals surface area contributed by atoms with Crippen LogP contribution in [0.2, 0.25) is 0 Å². The molecule has 0 saturated carbocycles. The molecule has 0 heterocycles. The molecule has 0 saturated heterocycles. The Morgan fingerprint density at radius 2 is 1.66 bits per heavy atom. The van der Waals surface area contributed by atoms with Gasteiger partial charge in [-0.2, -0.15) is 0 Å². The molecule has 152 valence electrons. The van der Waals surface area contributed by atoms with Crippen LogP contribution >= 0.6 is 0 Å². The fourth-order valence-corrected chi connectivity index (χ4v) is 3.28. The van der Waals surface area contributed by atoms with E-state index in [4.69, 9.17) is 4.74 Å². The van der Waals surface area contributed by atoms with Gasteiger partial charge in [0.15, 0.2) is 11.6 Å². The minimum Gasteiger partial charge on any atom is -0.508 e. The van der Waals surface area contributed by atoms with Gasteiger partial charge >= 0.3 is 0 Å². The SMILES string of the molecule is CC(CCCc1ccc(F)c(Oc2ccccc2)c1)(c1ccc(O)cc1)C(F)F. The van der Waals surface area contributed by atoms with E-state index in [1.54, 1.807) is 36.4 Å². The van der Waals surface area contributed by atoms with Gasteiger partial charge in [0.05, 0.1) is 5.41 Å². The van der Waals surface area contributed by atoms with E-state index in [0.717, 1.165) is 5.56 Å². The largest absolute Gasteiger partial charge is 0.508 e. The molecule has 3 rings (SSSR count). The number of hydrogen-bond donors (Lipinski definition) is 1. The lowest BCUT2D eigenvalue weighted by Gasteiger charge is -2.29. The Bertz CT molecular complexity index is 927. The first kappa shape index (κ1) is 20.8. The molecule has 0 bridgehead atoms. The third-order valence-electron chi connectivity index (χ3n) is 5.14. The molecular formula is C24H23F3O2. The van der Waals surface area contributed by atoms with E-state index in [0.29, 0.717) is 24.2 Å². The summed E-state index contributed by atoms with van der Waals surface area (Å²) in [5.41, 5.74) is -0.0194. The normalized spacial score (nSPS) is 13.3. The summed E-state index contributed by atoms with van der Waals surface area (Å²) in [4.78, 5) is 0.